The maximum absolute atomic E-state index is 10.6. The second kappa shape index (κ2) is 2.99. The average molecular weight is 97.0 g/mol. The quantitative estimate of drug-likeness (QED) is 0.464. The number of hydrogen-bond donors (Lipinski definition) is 0. The molecule has 0 bridgehead atoms. The molecule has 6 heavy (non-hydrogen) atoms. The monoisotopic (exact) mass is 97.0 g/mol. The summed E-state index contributed by atoms with van der Waals surface area (Å²) in [4.78, 5) is 0. The van der Waals surface area contributed by atoms with Gasteiger partial charge in [0, 0.05) is 0 Å². The molecule has 1 radical (unpaired) electrons. The molecular formula is C2H3F2O2. The van der Waals surface area contributed by atoms with E-state index in [-0.39, 0.29) is 0 Å². The van der Waals surface area contributed by atoms with Crippen molar-refractivity contribution >= 4 is 0 Å². The summed E-state index contributed by atoms with van der Waals surface area (Å²) < 4.78 is 24.4. The lowest BCUT2D eigenvalue weighted by molar-refractivity contribution is -0.190. The van der Waals surface area contributed by atoms with Crippen LogP contribution in [0, 0.1) is 0 Å². The zero-order valence-corrected chi connectivity index (χ0v) is 2.86. The molecule has 0 aromatic rings. The molecule has 0 spiro atoms. The first-order valence-electron chi connectivity index (χ1n) is 1.25. The largest absolute Gasteiger partial charge is 0.347 e. The lowest BCUT2D eigenvalue weighted by atomic mass is 11.3. The van der Waals surface area contributed by atoms with E-state index in [4.69, 9.17) is 5.11 Å². The molecule has 0 aromatic carbocycles. The molecule has 0 saturated heterocycles. The van der Waals surface area contributed by atoms with Gasteiger partial charge in [0.2, 0.25) is 0 Å². The van der Waals surface area contributed by atoms with Crippen LogP contribution >= 0.6 is 0 Å². The van der Waals surface area contributed by atoms with Crippen molar-refractivity contribution in [3.05, 3.63) is 0 Å². The summed E-state index contributed by atoms with van der Waals surface area (Å²) in [6.45, 7) is -4.08. The van der Waals surface area contributed by atoms with E-state index in [0.29, 0.717) is 0 Å². The minimum atomic E-state index is -2.91. The predicted octanol–water partition coefficient (Wildman–Crippen LogP) is 0.614. The van der Waals surface area contributed by atoms with Crippen molar-refractivity contribution in [3.8, 4) is 0 Å². The number of rotatable bonds is 2. The van der Waals surface area contributed by atoms with Crippen LogP contribution in [0.3, 0.4) is 0 Å². The van der Waals surface area contributed by atoms with Crippen molar-refractivity contribution in [2.24, 2.45) is 0 Å². The second-order valence-corrected chi connectivity index (χ2v) is 0.545. The van der Waals surface area contributed by atoms with Crippen molar-refractivity contribution in [3.63, 3.8) is 0 Å². The first-order chi connectivity index (χ1) is 2.77. The standard InChI is InChI=1S/C2H3F2O2/c3-2(4)6-1-5/h2H,1H2. The zero-order valence-electron chi connectivity index (χ0n) is 2.86. The molecule has 0 aliphatic carbocycles. The van der Waals surface area contributed by atoms with E-state index < -0.39 is 13.4 Å². The number of ether oxygens (including phenoxy) is 1. The molecule has 0 amide bonds. The van der Waals surface area contributed by atoms with Crippen molar-refractivity contribution in [1.29, 1.82) is 0 Å². The fourth-order valence-electron chi connectivity index (χ4n) is 0.0514. The van der Waals surface area contributed by atoms with E-state index in [1.807, 2.05) is 0 Å². The minimum absolute atomic E-state index is 1.17. The smallest absolute Gasteiger partial charge is 0.293 e. The molecule has 4 heteroatoms. The number of hydrogen-bond acceptors (Lipinski definition) is 1. The fraction of sp³-hybridized carbons (Fsp3) is 1.00. The van der Waals surface area contributed by atoms with Gasteiger partial charge < -0.3 is 0 Å². The highest BCUT2D eigenvalue weighted by atomic mass is 19.3. The van der Waals surface area contributed by atoms with Gasteiger partial charge in [-0.1, -0.05) is 0 Å². The van der Waals surface area contributed by atoms with Crippen LogP contribution in [0.4, 0.5) is 8.78 Å². The van der Waals surface area contributed by atoms with E-state index >= 15 is 0 Å². The van der Waals surface area contributed by atoms with Gasteiger partial charge >= 0.3 is 6.61 Å². The molecule has 2 nitrogen and oxygen atoms in total. The first-order valence-corrected chi connectivity index (χ1v) is 1.25. The van der Waals surface area contributed by atoms with Crippen LogP contribution in [0.25, 0.3) is 0 Å². The summed E-state index contributed by atoms with van der Waals surface area (Å²) in [5.41, 5.74) is 0. The van der Waals surface area contributed by atoms with Gasteiger partial charge in [-0.15, -0.1) is 0 Å². The van der Waals surface area contributed by atoms with E-state index in [0.717, 1.165) is 0 Å². The highest BCUT2D eigenvalue weighted by Gasteiger charge is 1.96. The highest BCUT2D eigenvalue weighted by molar-refractivity contribution is 3.98. The van der Waals surface area contributed by atoms with Gasteiger partial charge in [0.05, 0.1) is 0 Å². The normalized spacial score (nSPS) is 10.0. The summed E-state index contributed by atoms with van der Waals surface area (Å²) in [5.74, 6) is 0. The molecule has 0 unspecified atom stereocenters. The van der Waals surface area contributed by atoms with E-state index in [1.165, 1.54) is 0 Å². The molecule has 0 N–H and O–H groups in total. The molecule has 0 aliphatic rings. The van der Waals surface area contributed by atoms with Gasteiger partial charge in [0.25, 0.3) is 0 Å². The molecule has 0 rings (SSSR count). The van der Waals surface area contributed by atoms with Crippen molar-refractivity contribution in [1.82, 2.24) is 0 Å². The van der Waals surface area contributed by atoms with E-state index in [9.17, 15) is 8.78 Å². The van der Waals surface area contributed by atoms with Gasteiger partial charge in [-0.2, -0.15) is 8.78 Å². The predicted molar refractivity (Wildman–Crippen MR) is 12.6 cm³/mol. The average Bonchev–Trinajstić information content (AvgIpc) is 1.35. The maximum atomic E-state index is 10.6. The Balaban J connectivity index is 2.63. The lowest BCUT2D eigenvalue weighted by Gasteiger charge is -1.89. The Morgan fingerprint density at radius 3 is 2.17 bits per heavy atom. The SMILES string of the molecule is [O]COC(F)F. The van der Waals surface area contributed by atoms with Gasteiger partial charge in [0.15, 0.2) is 6.79 Å². The van der Waals surface area contributed by atoms with Crippen LogP contribution < -0.4 is 0 Å². The third-order valence-electron chi connectivity index (χ3n) is 0.194. The summed E-state index contributed by atoms with van der Waals surface area (Å²) in [6.07, 6.45) is 0. The molecule has 0 aromatic heterocycles. The summed E-state index contributed by atoms with van der Waals surface area (Å²) in [7, 11) is 0. The third kappa shape index (κ3) is 3.78. The Morgan fingerprint density at radius 1 is 1.67 bits per heavy atom. The van der Waals surface area contributed by atoms with Crippen LogP contribution in [-0.2, 0) is 9.84 Å². The Labute approximate surface area is 33.3 Å². The lowest BCUT2D eigenvalue weighted by Crippen LogP contribution is -1.97. The molecule has 0 atom stereocenters. The number of halogens is 2. The zero-order chi connectivity index (χ0) is 4.99. The van der Waals surface area contributed by atoms with E-state index in [2.05, 4.69) is 4.74 Å². The van der Waals surface area contributed by atoms with Gasteiger partial charge in [-0.3, -0.25) is 4.74 Å². The molecule has 0 aliphatic heterocycles. The summed E-state index contributed by atoms with van der Waals surface area (Å²) in [6, 6.07) is 0. The Hall–Kier alpha value is -0.220. The van der Waals surface area contributed by atoms with Crippen LogP contribution in [0.5, 0.6) is 0 Å². The molecule has 0 fully saturated rings. The van der Waals surface area contributed by atoms with Crippen molar-refractivity contribution < 1.29 is 18.6 Å². The van der Waals surface area contributed by atoms with Gasteiger partial charge in [-0.25, -0.2) is 5.11 Å². The van der Waals surface area contributed by atoms with Crippen LogP contribution in [0.2, 0.25) is 0 Å². The van der Waals surface area contributed by atoms with Crippen LogP contribution in [-0.4, -0.2) is 13.4 Å². The Bertz CT molecular complexity index is 30.7. The van der Waals surface area contributed by atoms with Gasteiger partial charge in [0.1, 0.15) is 0 Å². The Morgan fingerprint density at radius 2 is 2.17 bits per heavy atom. The van der Waals surface area contributed by atoms with Crippen molar-refractivity contribution in [2.45, 2.75) is 6.61 Å². The first kappa shape index (κ1) is 5.78. The second-order valence-electron chi connectivity index (χ2n) is 0.545. The van der Waals surface area contributed by atoms with Crippen LogP contribution in [0.15, 0.2) is 0 Å². The third-order valence-corrected chi connectivity index (χ3v) is 0.194. The topological polar surface area (TPSA) is 29.1 Å². The minimum Gasteiger partial charge on any atom is -0.293 e. The van der Waals surface area contributed by atoms with Gasteiger partial charge in [-0.05, 0) is 0 Å². The summed E-state index contributed by atoms with van der Waals surface area (Å²) >= 11 is 0. The highest BCUT2D eigenvalue weighted by Crippen LogP contribution is 1.90. The molecular weight excluding hydrogens is 94.0 g/mol. The maximum Gasteiger partial charge on any atom is 0.347 e. The van der Waals surface area contributed by atoms with E-state index in [1.54, 1.807) is 0 Å². The Kier molecular flexibility index (Phi) is 2.88. The molecule has 0 heterocycles. The van der Waals surface area contributed by atoms with Crippen molar-refractivity contribution in [2.75, 3.05) is 6.79 Å². The fourth-order valence-corrected chi connectivity index (χ4v) is 0.0514. The molecule has 0 saturated carbocycles. The van der Waals surface area contributed by atoms with Crippen LogP contribution in [0.1, 0.15) is 0 Å². The number of alkyl halides is 2. The summed E-state index contributed by atoms with van der Waals surface area (Å²) in [5, 5.41) is 9.04. The molecule has 37 valence electrons.